The molecule has 0 aliphatic carbocycles. The summed E-state index contributed by atoms with van der Waals surface area (Å²) in [5.41, 5.74) is 0.828. The molecule has 2 aliphatic heterocycles. The summed E-state index contributed by atoms with van der Waals surface area (Å²) in [6.07, 6.45) is 1.53. The monoisotopic (exact) mass is 452 g/mol. The molecule has 2 aromatic rings. The van der Waals surface area contributed by atoms with Crippen molar-refractivity contribution >= 4 is 35.1 Å². The molecule has 1 amide bonds. The highest BCUT2D eigenvalue weighted by Crippen LogP contribution is 2.33. The molecule has 160 valence electrons. The van der Waals surface area contributed by atoms with E-state index in [0.717, 1.165) is 37.3 Å². The van der Waals surface area contributed by atoms with Gasteiger partial charge in [-0.05, 0) is 17.7 Å². The summed E-state index contributed by atoms with van der Waals surface area (Å²) in [7, 11) is 0. The van der Waals surface area contributed by atoms with Gasteiger partial charge in [0.15, 0.2) is 10.9 Å². The number of piperidine rings is 1. The van der Waals surface area contributed by atoms with Gasteiger partial charge in [-0.3, -0.25) is 4.79 Å². The quantitative estimate of drug-likeness (QED) is 0.410. The molecule has 1 N–H and O–H groups in total. The fourth-order valence-electron chi connectivity index (χ4n) is 3.46. The van der Waals surface area contributed by atoms with E-state index in [4.69, 9.17) is 21.1 Å². The molecule has 0 unspecified atom stereocenters. The second kappa shape index (κ2) is 9.47. The molecule has 1 aromatic carbocycles. The van der Waals surface area contributed by atoms with Crippen molar-refractivity contribution in [3.63, 3.8) is 0 Å². The predicted octanol–water partition coefficient (Wildman–Crippen LogP) is 3.02. The van der Waals surface area contributed by atoms with Crippen molar-refractivity contribution in [1.82, 2.24) is 15.3 Å². The molecule has 0 radical (unpaired) electrons. The molecule has 2 aliphatic rings. The summed E-state index contributed by atoms with van der Waals surface area (Å²) in [5.74, 6) is -0.0251. The number of thioether (sulfide) groups is 1. The van der Waals surface area contributed by atoms with Gasteiger partial charge >= 0.3 is 0 Å². The largest absolute Gasteiger partial charge is 0.356 e. The Morgan fingerprint density at radius 2 is 1.90 bits per heavy atom. The molecule has 10 heteroatoms. The summed E-state index contributed by atoms with van der Waals surface area (Å²) in [6.45, 7) is 3.11. The maximum Gasteiger partial charge on any atom is 0.230 e. The lowest BCUT2D eigenvalue weighted by molar-refractivity contribution is -0.169. The van der Waals surface area contributed by atoms with Gasteiger partial charge in [-0.1, -0.05) is 35.5 Å². The third-order valence-corrected chi connectivity index (χ3v) is 6.10. The standard InChI is InChI=1S/C20H22ClFN4O3S/c21-16-11-17(26-7-5-20(6-8-26)28-9-10-29-20)25-19(24-16)30-13-18(27)23-12-14-1-3-15(22)4-2-14/h1-4,11H,5-10,12-13H2,(H,23,27). The smallest absolute Gasteiger partial charge is 0.230 e. The number of anilines is 1. The molecular formula is C20H22ClFN4O3S. The van der Waals surface area contributed by atoms with E-state index in [-0.39, 0.29) is 17.5 Å². The molecule has 3 heterocycles. The number of nitrogens with zero attached hydrogens (tertiary/aromatic N) is 3. The second-order valence-electron chi connectivity index (χ2n) is 7.12. The molecule has 0 bridgehead atoms. The Kier molecular flexibility index (Phi) is 6.72. The first-order chi connectivity index (χ1) is 14.5. The number of rotatable bonds is 6. The van der Waals surface area contributed by atoms with Crippen LogP contribution >= 0.6 is 23.4 Å². The van der Waals surface area contributed by atoms with Crippen LogP contribution in [0.5, 0.6) is 0 Å². The minimum atomic E-state index is -0.451. The molecule has 0 saturated carbocycles. The Morgan fingerprint density at radius 1 is 1.20 bits per heavy atom. The third kappa shape index (κ3) is 5.40. The van der Waals surface area contributed by atoms with Crippen LogP contribution in [0.4, 0.5) is 10.2 Å². The number of hydrogen-bond donors (Lipinski definition) is 1. The van der Waals surface area contributed by atoms with Crippen LogP contribution < -0.4 is 10.2 Å². The zero-order valence-electron chi connectivity index (χ0n) is 16.3. The van der Waals surface area contributed by atoms with E-state index in [2.05, 4.69) is 20.2 Å². The van der Waals surface area contributed by atoms with Crippen molar-refractivity contribution in [1.29, 1.82) is 0 Å². The minimum absolute atomic E-state index is 0.159. The van der Waals surface area contributed by atoms with E-state index in [1.54, 1.807) is 18.2 Å². The van der Waals surface area contributed by atoms with Crippen LogP contribution in [-0.2, 0) is 20.8 Å². The number of benzene rings is 1. The lowest BCUT2D eigenvalue weighted by Gasteiger charge is -2.38. The van der Waals surface area contributed by atoms with Gasteiger partial charge in [-0.25, -0.2) is 14.4 Å². The minimum Gasteiger partial charge on any atom is -0.356 e. The first-order valence-electron chi connectivity index (χ1n) is 9.73. The van der Waals surface area contributed by atoms with Gasteiger partial charge in [0.2, 0.25) is 5.91 Å². The number of ether oxygens (including phenoxy) is 2. The maximum absolute atomic E-state index is 12.9. The third-order valence-electron chi connectivity index (χ3n) is 5.06. The Labute approximate surface area is 183 Å². The second-order valence-corrected chi connectivity index (χ2v) is 8.45. The summed E-state index contributed by atoms with van der Waals surface area (Å²) < 4.78 is 24.5. The van der Waals surface area contributed by atoms with E-state index in [9.17, 15) is 9.18 Å². The average Bonchev–Trinajstić information content (AvgIpc) is 3.20. The molecule has 2 saturated heterocycles. The van der Waals surface area contributed by atoms with Crippen molar-refractivity contribution in [3.05, 3.63) is 46.9 Å². The summed E-state index contributed by atoms with van der Waals surface area (Å²) >= 11 is 7.41. The van der Waals surface area contributed by atoms with Crippen LogP contribution in [0.1, 0.15) is 18.4 Å². The van der Waals surface area contributed by atoms with Gasteiger partial charge < -0.3 is 19.7 Å². The fourth-order valence-corrected chi connectivity index (χ4v) is 4.37. The lowest BCUT2D eigenvalue weighted by Crippen LogP contribution is -2.45. The number of carbonyl (C=O) groups excluding carboxylic acids is 1. The van der Waals surface area contributed by atoms with E-state index in [1.165, 1.54) is 23.9 Å². The highest BCUT2D eigenvalue weighted by atomic mass is 35.5. The molecule has 1 spiro atoms. The van der Waals surface area contributed by atoms with E-state index in [1.807, 2.05) is 0 Å². The number of amides is 1. The Morgan fingerprint density at radius 3 is 2.60 bits per heavy atom. The first-order valence-corrected chi connectivity index (χ1v) is 11.1. The predicted molar refractivity (Wildman–Crippen MR) is 112 cm³/mol. The van der Waals surface area contributed by atoms with Gasteiger partial charge in [-0.2, -0.15) is 0 Å². The molecule has 0 atom stereocenters. The van der Waals surface area contributed by atoms with Gasteiger partial charge in [-0.15, -0.1) is 0 Å². The number of halogens is 2. The molecule has 30 heavy (non-hydrogen) atoms. The maximum atomic E-state index is 12.9. The molecule has 7 nitrogen and oxygen atoms in total. The van der Waals surface area contributed by atoms with Crippen molar-refractivity contribution in [2.45, 2.75) is 30.3 Å². The highest BCUT2D eigenvalue weighted by molar-refractivity contribution is 7.99. The van der Waals surface area contributed by atoms with Crippen LogP contribution in [0.2, 0.25) is 5.15 Å². The van der Waals surface area contributed by atoms with Gasteiger partial charge in [0, 0.05) is 38.5 Å². The molecule has 4 rings (SSSR count). The summed E-state index contributed by atoms with van der Waals surface area (Å²) in [6, 6.07) is 7.74. The van der Waals surface area contributed by atoms with Crippen LogP contribution in [0, 0.1) is 5.82 Å². The average molecular weight is 453 g/mol. The Bertz CT molecular complexity index is 886. The number of aromatic nitrogens is 2. The van der Waals surface area contributed by atoms with Gasteiger partial charge in [0.05, 0.1) is 19.0 Å². The van der Waals surface area contributed by atoms with Crippen molar-refractivity contribution < 1.29 is 18.7 Å². The van der Waals surface area contributed by atoms with Gasteiger partial charge in [0.25, 0.3) is 0 Å². The summed E-state index contributed by atoms with van der Waals surface area (Å²) in [5, 5.41) is 3.58. The number of carbonyl (C=O) groups is 1. The normalized spacial score (nSPS) is 18.0. The molecule has 2 fully saturated rings. The van der Waals surface area contributed by atoms with Crippen LogP contribution in [0.15, 0.2) is 35.5 Å². The molecule has 1 aromatic heterocycles. The Balaban J connectivity index is 1.29. The topological polar surface area (TPSA) is 76.6 Å². The van der Waals surface area contributed by atoms with Crippen molar-refractivity contribution in [3.8, 4) is 0 Å². The van der Waals surface area contributed by atoms with E-state index < -0.39 is 5.79 Å². The van der Waals surface area contributed by atoms with Crippen LogP contribution in [-0.4, -0.2) is 53.7 Å². The SMILES string of the molecule is O=C(CSc1nc(Cl)cc(N2CCC3(CC2)OCCO3)n1)NCc1ccc(F)cc1. The van der Waals surface area contributed by atoms with E-state index in [0.29, 0.717) is 30.1 Å². The van der Waals surface area contributed by atoms with E-state index >= 15 is 0 Å². The van der Waals surface area contributed by atoms with Gasteiger partial charge in [0.1, 0.15) is 16.8 Å². The highest BCUT2D eigenvalue weighted by Gasteiger charge is 2.40. The number of hydrogen-bond acceptors (Lipinski definition) is 7. The van der Waals surface area contributed by atoms with Crippen LogP contribution in [0.3, 0.4) is 0 Å². The Hall–Kier alpha value is -1.94. The lowest BCUT2D eigenvalue weighted by atomic mass is 10.0. The molecular weight excluding hydrogens is 431 g/mol. The number of nitrogens with one attached hydrogen (secondary N) is 1. The van der Waals surface area contributed by atoms with Crippen molar-refractivity contribution in [2.24, 2.45) is 0 Å². The van der Waals surface area contributed by atoms with Crippen LogP contribution in [0.25, 0.3) is 0 Å². The van der Waals surface area contributed by atoms with Crippen molar-refractivity contribution in [2.75, 3.05) is 37.0 Å². The zero-order chi connectivity index (χ0) is 21.0. The zero-order valence-corrected chi connectivity index (χ0v) is 17.8. The summed E-state index contributed by atoms with van der Waals surface area (Å²) in [4.78, 5) is 23.0. The first kappa shape index (κ1) is 21.3. The fraction of sp³-hybridized carbons (Fsp3) is 0.450.